The maximum atomic E-state index is 11.6. The Morgan fingerprint density at radius 1 is 1.05 bits per heavy atom. The van der Waals surface area contributed by atoms with Gasteiger partial charge in [-0.3, -0.25) is 9.59 Å². The van der Waals surface area contributed by atoms with Crippen LogP contribution in [-0.2, 0) is 17.8 Å². The number of likely N-dealkylation sites (tertiary alicyclic amines) is 1. The number of H-pyrrole nitrogens is 1. The first-order valence-corrected chi connectivity index (χ1v) is 12.7. The van der Waals surface area contributed by atoms with Gasteiger partial charge in [-0.1, -0.05) is 36.1 Å². The molecule has 0 aliphatic carbocycles. The van der Waals surface area contributed by atoms with Gasteiger partial charge >= 0.3 is 0 Å². The predicted molar refractivity (Wildman–Crippen MR) is 142 cm³/mol. The molecule has 2 aromatic carbocycles. The molecular weight excluding hydrogens is 484 g/mol. The maximum Gasteiger partial charge on any atom is 0.293 e. The molecule has 1 aromatic heterocycles. The molecule has 9 nitrogen and oxygen atoms in total. The van der Waals surface area contributed by atoms with E-state index in [4.69, 9.17) is 5.11 Å². The second-order valence-corrected chi connectivity index (χ2v) is 9.37. The largest absolute Gasteiger partial charge is 0.502 e. The van der Waals surface area contributed by atoms with Gasteiger partial charge in [0, 0.05) is 49.1 Å². The number of carbonyl (C=O) groups excluding carboxylic acids is 1. The molecule has 0 saturated carbocycles. The smallest absolute Gasteiger partial charge is 0.293 e. The Morgan fingerprint density at radius 3 is 2.29 bits per heavy atom. The number of nitrogens with zero attached hydrogens (tertiary/aromatic N) is 2. The van der Waals surface area contributed by atoms with Crippen LogP contribution in [0.2, 0.25) is 0 Å². The average molecular weight is 517 g/mol. The predicted octanol–water partition coefficient (Wildman–Crippen LogP) is 1.27. The van der Waals surface area contributed by atoms with E-state index < -0.39 is 17.9 Å². The molecule has 1 aliphatic rings. The molecule has 9 heteroatoms. The van der Waals surface area contributed by atoms with Gasteiger partial charge in [0.2, 0.25) is 11.7 Å². The van der Waals surface area contributed by atoms with Crippen molar-refractivity contribution < 1.29 is 20.1 Å². The lowest BCUT2D eigenvalue weighted by Crippen LogP contribution is -2.45. The van der Waals surface area contributed by atoms with Crippen molar-refractivity contribution in [2.75, 3.05) is 26.3 Å². The van der Waals surface area contributed by atoms with Gasteiger partial charge in [0.25, 0.3) is 5.56 Å². The number of aromatic nitrogens is 2. The number of aliphatic hydroxyl groups is 2. The minimum atomic E-state index is -0.601. The van der Waals surface area contributed by atoms with E-state index in [9.17, 15) is 19.8 Å². The molecule has 0 unspecified atom stereocenters. The highest BCUT2D eigenvalue weighted by atomic mass is 16.3. The van der Waals surface area contributed by atoms with Crippen LogP contribution in [0, 0.1) is 11.8 Å². The van der Waals surface area contributed by atoms with Gasteiger partial charge < -0.3 is 30.5 Å². The van der Waals surface area contributed by atoms with Crippen molar-refractivity contribution in [3.63, 3.8) is 0 Å². The van der Waals surface area contributed by atoms with Crippen LogP contribution in [0.5, 0.6) is 5.75 Å². The van der Waals surface area contributed by atoms with E-state index in [-0.39, 0.29) is 30.5 Å². The van der Waals surface area contributed by atoms with Gasteiger partial charge in [0.15, 0.2) is 0 Å². The molecule has 38 heavy (non-hydrogen) atoms. The summed E-state index contributed by atoms with van der Waals surface area (Å²) in [4.78, 5) is 31.2. The molecule has 3 aromatic rings. The molecule has 1 saturated heterocycles. The minimum Gasteiger partial charge on any atom is -0.502 e. The zero-order valence-electron chi connectivity index (χ0n) is 21.1. The number of hydrogen-bond acceptors (Lipinski definition) is 7. The van der Waals surface area contributed by atoms with E-state index in [0.717, 1.165) is 41.6 Å². The highest BCUT2D eigenvalue weighted by Crippen LogP contribution is 2.22. The standard InChI is InChI=1S/C29H32N4O5/c34-17-24(15-26-28(37)29(38)32-19-31-26)23-9-7-21(8-10-23)2-1-20-3-5-22(6-4-20)16-30-25-11-13-33(14-12-25)27(36)18-35/h3-10,19,24-25,30,34-35,37H,11-18H2,(H,31,32,38)/t24-/m1/s1. The fourth-order valence-corrected chi connectivity index (χ4v) is 4.48. The summed E-state index contributed by atoms with van der Waals surface area (Å²) in [7, 11) is 0. The summed E-state index contributed by atoms with van der Waals surface area (Å²) < 4.78 is 0. The number of benzene rings is 2. The van der Waals surface area contributed by atoms with E-state index in [1.807, 2.05) is 36.4 Å². The van der Waals surface area contributed by atoms with Gasteiger partial charge in [-0.2, -0.15) is 0 Å². The van der Waals surface area contributed by atoms with Crippen molar-refractivity contribution in [2.45, 2.75) is 37.8 Å². The number of carbonyl (C=O) groups is 1. The summed E-state index contributed by atoms with van der Waals surface area (Å²) in [6.45, 7) is 1.50. The fraction of sp³-hybridized carbons (Fsp3) is 0.345. The Kier molecular flexibility index (Phi) is 9.27. The minimum absolute atomic E-state index is 0.150. The molecule has 5 N–H and O–H groups in total. The number of hydrogen-bond donors (Lipinski definition) is 5. The first-order valence-electron chi connectivity index (χ1n) is 12.7. The Balaban J connectivity index is 1.29. The second-order valence-electron chi connectivity index (χ2n) is 9.37. The Labute approximate surface area is 221 Å². The van der Waals surface area contributed by atoms with Crippen LogP contribution in [0.15, 0.2) is 59.7 Å². The lowest BCUT2D eigenvalue weighted by Gasteiger charge is -2.32. The highest BCUT2D eigenvalue weighted by molar-refractivity contribution is 5.77. The summed E-state index contributed by atoms with van der Waals surface area (Å²) in [6, 6.07) is 16.0. The lowest BCUT2D eigenvalue weighted by molar-refractivity contribution is -0.135. The third-order valence-corrected chi connectivity index (χ3v) is 6.83. The van der Waals surface area contributed by atoms with Crippen molar-refractivity contribution in [3.05, 3.63) is 93.2 Å². The third kappa shape index (κ3) is 7.07. The summed E-state index contributed by atoms with van der Waals surface area (Å²) in [5.74, 6) is 5.39. The van der Waals surface area contributed by atoms with Gasteiger partial charge in [0.1, 0.15) is 6.61 Å². The number of rotatable bonds is 8. The third-order valence-electron chi connectivity index (χ3n) is 6.83. The van der Waals surface area contributed by atoms with Gasteiger partial charge in [-0.05, 0) is 48.2 Å². The molecule has 1 fully saturated rings. The van der Waals surface area contributed by atoms with Gasteiger partial charge in [-0.25, -0.2) is 4.98 Å². The fourth-order valence-electron chi connectivity index (χ4n) is 4.48. The molecule has 4 rings (SSSR count). The molecule has 1 aliphatic heterocycles. The summed E-state index contributed by atoms with van der Waals surface area (Å²) in [5.41, 5.74) is 3.40. The first kappa shape index (κ1) is 27.1. The van der Waals surface area contributed by atoms with Crippen LogP contribution in [-0.4, -0.2) is 68.4 Å². The second kappa shape index (κ2) is 13.0. The number of aromatic amines is 1. The van der Waals surface area contributed by atoms with Crippen LogP contribution in [0.1, 0.15) is 46.7 Å². The normalized spacial score (nSPS) is 14.5. The molecule has 2 heterocycles. The van der Waals surface area contributed by atoms with Crippen molar-refractivity contribution in [1.29, 1.82) is 0 Å². The SMILES string of the molecule is O=C(CO)N1CCC(NCc2ccc(C#Cc3ccc([C@@H](CO)Cc4nc[nH]c(=O)c4O)cc3)cc2)CC1. The van der Waals surface area contributed by atoms with E-state index in [1.165, 1.54) is 6.33 Å². The Hall–Kier alpha value is -3.97. The number of piperidine rings is 1. The zero-order valence-corrected chi connectivity index (χ0v) is 21.1. The highest BCUT2D eigenvalue weighted by Gasteiger charge is 2.21. The number of aliphatic hydroxyl groups excluding tert-OH is 2. The van der Waals surface area contributed by atoms with E-state index in [0.29, 0.717) is 19.1 Å². The zero-order chi connectivity index (χ0) is 26.9. The van der Waals surface area contributed by atoms with E-state index in [1.54, 1.807) is 4.90 Å². The van der Waals surface area contributed by atoms with E-state index >= 15 is 0 Å². The summed E-state index contributed by atoms with van der Waals surface area (Å²) in [5, 5.41) is 32.3. The molecular formula is C29H32N4O5. The molecule has 0 radical (unpaired) electrons. The quantitative estimate of drug-likeness (QED) is 0.284. The number of aromatic hydroxyl groups is 1. The van der Waals surface area contributed by atoms with Gasteiger partial charge in [0.05, 0.1) is 18.6 Å². The molecule has 198 valence electrons. The van der Waals surface area contributed by atoms with E-state index in [2.05, 4.69) is 39.3 Å². The van der Waals surface area contributed by atoms with Crippen LogP contribution in [0.4, 0.5) is 0 Å². The van der Waals surface area contributed by atoms with Crippen LogP contribution >= 0.6 is 0 Å². The monoisotopic (exact) mass is 516 g/mol. The van der Waals surface area contributed by atoms with Gasteiger partial charge in [-0.15, -0.1) is 0 Å². The Morgan fingerprint density at radius 2 is 1.68 bits per heavy atom. The number of nitrogens with one attached hydrogen (secondary N) is 2. The molecule has 0 bridgehead atoms. The molecule has 1 amide bonds. The van der Waals surface area contributed by atoms with Crippen molar-refractivity contribution in [2.24, 2.45) is 0 Å². The first-order chi connectivity index (χ1) is 18.5. The Bertz CT molecular complexity index is 1330. The van der Waals surface area contributed by atoms with Crippen LogP contribution in [0.3, 0.4) is 0 Å². The van der Waals surface area contributed by atoms with Crippen molar-refractivity contribution in [1.82, 2.24) is 20.2 Å². The topological polar surface area (TPSA) is 139 Å². The average Bonchev–Trinajstić information content (AvgIpc) is 2.96. The van der Waals surface area contributed by atoms with Crippen LogP contribution < -0.4 is 10.9 Å². The maximum absolute atomic E-state index is 11.6. The van der Waals surface area contributed by atoms with Crippen molar-refractivity contribution in [3.8, 4) is 17.6 Å². The number of amides is 1. The van der Waals surface area contributed by atoms with Crippen molar-refractivity contribution >= 4 is 5.91 Å². The molecule has 1 atom stereocenters. The summed E-state index contributed by atoms with van der Waals surface area (Å²) in [6.07, 6.45) is 3.22. The van der Waals surface area contributed by atoms with Crippen LogP contribution in [0.25, 0.3) is 0 Å². The molecule has 0 spiro atoms. The summed E-state index contributed by atoms with van der Waals surface area (Å²) >= 11 is 0. The lowest BCUT2D eigenvalue weighted by atomic mass is 9.94.